The highest BCUT2D eigenvalue weighted by atomic mass is 16.2. The molecule has 162 valence electrons. The number of rotatable bonds is 6. The van der Waals surface area contributed by atoms with Crippen LogP contribution in [0.5, 0.6) is 0 Å². The Morgan fingerprint density at radius 3 is 2.66 bits per heavy atom. The molecule has 6 nitrogen and oxygen atoms in total. The van der Waals surface area contributed by atoms with Crippen molar-refractivity contribution in [2.75, 3.05) is 18.4 Å². The summed E-state index contributed by atoms with van der Waals surface area (Å²) in [7, 11) is 0. The maximum atomic E-state index is 13.1. The first-order chi connectivity index (χ1) is 15.7. The highest BCUT2D eigenvalue weighted by Gasteiger charge is 2.25. The van der Waals surface area contributed by atoms with Crippen molar-refractivity contribution in [2.24, 2.45) is 5.73 Å². The van der Waals surface area contributed by atoms with Crippen molar-refractivity contribution in [3.05, 3.63) is 94.8 Å². The molecule has 32 heavy (non-hydrogen) atoms. The summed E-state index contributed by atoms with van der Waals surface area (Å²) in [5, 5.41) is 12.3. The zero-order valence-corrected chi connectivity index (χ0v) is 18.0. The Balaban J connectivity index is 1.36. The third-order valence-electron chi connectivity index (χ3n) is 5.98. The summed E-state index contributed by atoms with van der Waals surface area (Å²) in [6.45, 7) is 2.57. The highest BCUT2D eigenvalue weighted by molar-refractivity contribution is 5.94. The van der Waals surface area contributed by atoms with Crippen LogP contribution < -0.4 is 11.1 Å². The van der Waals surface area contributed by atoms with Gasteiger partial charge in [0.2, 0.25) is 0 Å². The maximum absolute atomic E-state index is 13.1. The molecule has 0 unspecified atom stereocenters. The summed E-state index contributed by atoms with van der Waals surface area (Å²) in [4.78, 5) is 19.2. The van der Waals surface area contributed by atoms with Crippen LogP contribution in [0.25, 0.3) is 0 Å². The van der Waals surface area contributed by atoms with Crippen LogP contribution >= 0.6 is 0 Å². The van der Waals surface area contributed by atoms with E-state index in [4.69, 9.17) is 11.0 Å². The number of likely N-dealkylation sites (tertiary alicyclic amines) is 1. The molecule has 0 radical (unpaired) electrons. The number of nitriles is 1. The van der Waals surface area contributed by atoms with Crippen LogP contribution in [0, 0.1) is 11.3 Å². The van der Waals surface area contributed by atoms with E-state index in [2.05, 4.69) is 40.6 Å². The number of hydrogen-bond donors (Lipinski definition) is 2. The third kappa shape index (κ3) is 5.13. The minimum absolute atomic E-state index is 0.0155. The standard InChI is InChI=1S/C26H27N5O/c27-14-19-3-1-5-21(11-19)16-30-25-13-24(17-29-18-25)26(32)31-9-7-22(8-10-31)23-6-2-4-20(12-23)15-28/h1-6,11-13,17-18,22,30H,7-10,15-16,28H2. The van der Waals surface area contributed by atoms with Crippen LogP contribution in [-0.2, 0) is 13.1 Å². The van der Waals surface area contributed by atoms with Crippen LogP contribution in [0.3, 0.4) is 0 Å². The average Bonchev–Trinajstić information content (AvgIpc) is 2.87. The molecule has 1 aromatic heterocycles. The van der Waals surface area contributed by atoms with E-state index in [1.165, 1.54) is 5.56 Å². The number of benzene rings is 2. The molecule has 2 heterocycles. The van der Waals surface area contributed by atoms with E-state index in [0.29, 0.717) is 30.1 Å². The number of carbonyl (C=O) groups excluding carboxylic acids is 1. The van der Waals surface area contributed by atoms with Crippen LogP contribution in [0.2, 0.25) is 0 Å². The van der Waals surface area contributed by atoms with Gasteiger partial charge in [-0.25, -0.2) is 0 Å². The second-order valence-corrected chi connectivity index (χ2v) is 8.14. The molecule has 3 N–H and O–H groups in total. The van der Waals surface area contributed by atoms with Gasteiger partial charge in [-0.2, -0.15) is 5.26 Å². The monoisotopic (exact) mass is 425 g/mol. The Morgan fingerprint density at radius 2 is 1.88 bits per heavy atom. The molecule has 6 heteroatoms. The van der Waals surface area contributed by atoms with Crippen molar-refractivity contribution in [1.82, 2.24) is 9.88 Å². The number of aromatic nitrogens is 1. The summed E-state index contributed by atoms with van der Waals surface area (Å²) in [6, 6.07) is 19.9. The molecule has 1 fully saturated rings. The molecule has 1 aliphatic heterocycles. The van der Waals surface area contributed by atoms with Gasteiger partial charge in [0, 0.05) is 38.6 Å². The second-order valence-electron chi connectivity index (χ2n) is 8.14. The van der Waals surface area contributed by atoms with Crippen molar-refractivity contribution < 1.29 is 4.79 Å². The molecule has 1 amide bonds. The van der Waals surface area contributed by atoms with Crippen molar-refractivity contribution in [1.29, 1.82) is 5.26 Å². The van der Waals surface area contributed by atoms with E-state index >= 15 is 0 Å². The van der Waals surface area contributed by atoms with Crippen molar-refractivity contribution in [3.8, 4) is 6.07 Å². The van der Waals surface area contributed by atoms with E-state index in [9.17, 15) is 4.79 Å². The number of nitrogens with two attached hydrogens (primary N) is 1. The van der Waals surface area contributed by atoms with Crippen molar-refractivity contribution in [3.63, 3.8) is 0 Å². The number of pyridine rings is 1. The molecule has 2 aromatic carbocycles. The third-order valence-corrected chi connectivity index (χ3v) is 5.98. The lowest BCUT2D eigenvalue weighted by molar-refractivity contribution is 0.0712. The normalized spacial score (nSPS) is 14.1. The van der Waals surface area contributed by atoms with E-state index in [0.717, 1.165) is 42.7 Å². The Morgan fingerprint density at radius 1 is 1.09 bits per heavy atom. The van der Waals surface area contributed by atoms with Crippen LogP contribution in [0.15, 0.2) is 67.0 Å². The van der Waals surface area contributed by atoms with E-state index in [1.54, 1.807) is 18.5 Å². The molecule has 0 bridgehead atoms. The number of piperidine rings is 1. The van der Waals surface area contributed by atoms with Crippen molar-refractivity contribution >= 4 is 11.6 Å². The van der Waals surface area contributed by atoms with Crippen LogP contribution in [-0.4, -0.2) is 28.9 Å². The van der Waals surface area contributed by atoms with Gasteiger partial charge in [0.1, 0.15) is 0 Å². The predicted molar refractivity (Wildman–Crippen MR) is 125 cm³/mol. The molecule has 1 saturated heterocycles. The summed E-state index contributed by atoms with van der Waals surface area (Å²) >= 11 is 0. The Kier molecular flexibility index (Phi) is 6.78. The van der Waals surface area contributed by atoms with Gasteiger partial charge in [-0.05, 0) is 53.6 Å². The van der Waals surface area contributed by atoms with Gasteiger partial charge in [-0.1, -0.05) is 36.4 Å². The zero-order chi connectivity index (χ0) is 22.3. The Bertz CT molecular complexity index is 1130. The fraction of sp³-hybridized carbons (Fsp3) is 0.269. The number of carbonyl (C=O) groups is 1. The minimum Gasteiger partial charge on any atom is -0.380 e. The lowest BCUT2D eigenvalue weighted by atomic mass is 9.88. The summed E-state index contributed by atoms with van der Waals surface area (Å²) < 4.78 is 0. The fourth-order valence-corrected chi connectivity index (χ4v) is 4.18. The van der Waals surface area contributed by atoms with Gasteiger partial charge in [-0.15, -0.1) is 0 Å². The fourth-order valence-electron chi connectivity index (χ4n) is 4.18. The first-order valence-electron chi connectivity index (χ1n) is 10.9. The average molecular weight is 426 g/mol. The molecule has 4 rings (SSSR count). The molecule has 0 atom stereocenters. The van der Waals surface area contributed by atoms with Crippen LogP contribution in [0.1, 0.15) is 51.4 Å². The van der Waals surface area contributed by atoms with Crippen molar-refractivity contribution in [2.45, 2.75) is 31.8 Å². The topological polar surface area (TPSA) is 95.0 Å². The molecule has 3 aromatic rings. The van der Waals surface area contributed by atoms with Gasteiger partial charge in [-0.3, -0.25) is 9.78 Å². The smallest absolute Gasteiger partial charge is 0.255 e. The molecular formula is C26H27N5O. The quantitative estimate of drug-likeness (QED) is 0.621. The second kappa shape index (κ2) is 10.1. The summed E-state index contributed by atoms with van der Waals surface area (Å²) in [6.07, 6.45) is 5.23. The summed E-state index contributed by atoms with van der Waals surface area (Å²) in [5.41, 5.74) is 11.2. The molecule has 1 aliphatic rings. The molecule has 0 aliphatic carbocycles. The van der Waals surface area contributed by atoms with Gasteiger partial charge < -0.3 is 16.0 Å². The molecule has 0 saturated carbocycles. The number of anilines is 1. The highest BCUT2D eigenvalue weighted by Crippen LogP contribution is 2.29. The van der Waals surface area contributed by atoms with Gasteiger partial charge in [0.25, 0.3) is 5.91 Å². The van der Waals surface area contributed by atoms with Crippen LogP contribution in [0.4, 0.5) is 5.69 Å². The van der Waals surface area contributed by atoms with E-state index in [-0.39, 0.29) is 5.91 Å². The predicted octanol–water partition coefficient (Wildman–Crippen LogP) is 4.04. The zero-order valence-electron chi connectivity index (χ0n) is 18.0. The first-order valence-corrected chi connectivity index (χ1v) is 10.9. The maximum Gasteiger partial charge on any atom is 0.255 e. The van der Waals surface area contributed by atoms with Gasteiger partial charge in [0.05, 0.1) is 22.9 Å². The first kappa shape index (κ1) is 21.5. The lowest BCUT2D eigenvalue weighted by Crippen LogP contribution is -2.38. The Labute approximate surface area is 188 Å². The lowest BCUT2D eigenvalue weighted by Gasteiger charge is -2.32. The molecular weight excluding hydrogens is 398 g/mol. The number of hydrogen-bond acceptors (Lipinski definition) is 5. The van der Waals surface area contributed by atoms with Gasteiger partial charge in [0.15, 0.2) is 0 Å². The van der Waals surface area contributed by atoms with Gasteiger partial charge >= 0.3 is 0 Å². The number of amides is 1. The van der Waals surface area contributed by atoms with E-state index in [1.807, 2.05) is 29.2 Å². The largest absolute Gasteiger partial charge is 0.380 e. The number of nitrogens with zero attached hydrogens (tertiary/aromatic N) is 3. The molecule has 0 spiro atoms. The Hall–Kier alpha value is -3.69. The van der Waals surface area contributed by atoms with E-state index < -0.39 is 0 Å². The summed E-state index contributed by atoms with van der Waals surface area (Å²) in [5.74, 6) is 0.475. The SMILES string of the molecule is N#Cc1cccc(CNc2cncc(C(=O)N3CCC(c4cccc(CN)c4)CC3)c2)c1. The number of nitrogens with one attached hydrogen (secondary N) is 1. The minimum atomic E-state index is 0.0155.